The van der Waals surface area contributed by atoms with Crippen molar-refractivity contribution in [3.8, 4) is 35.2 Å². The van der Waals surface area contributed by atoms with Gasteiger partial charge in [0.2, 0.25) is 0 Å². The Bertz CT molecular complexity index is 1790. The molecular formula is C34H33F2N5O2. The second-order valence-electron chi connectivity index (χ2n) is 12.5. The number of piperazine rings is 1. The highest BCUT2D eigenvalue weighted by Crippen LogP contribution is 2.43. The molecule has 3 aromatic carbocycles. The summed E-state index contributed by atoms with van der Waals surface area (Å²) >= 11 is 0. The predicted molar refractivity (Wildman–Crippen MR) is 163 cm³/mol. The van der Waals surface area contributed by atoms with Crippen LogP contribution in [-0.4, -0.2) is 76.6 Å². The normalized spacial score (nSPS) is 26.7. The van der Waals surface area contributed by atoms with Gasteiger partial charge in [-0.25, -0.2) is 8.78 Å². The second-order valence-corrected chi connectivity index (χ2v) is 12.5. The molecule has 0 aliphatic carbocycles. The van der Waals surface area contributed by atoms with Crippen molar-refractivity contribution in [2.45, 2.75) is 55.9 Å². The fraction of sp³-hybridized carbons (Fsp3) is 0.412. The molecule has 0 amide bonds. The van der Waals surface area contributed by atoms with Crippen LogP contribution in [0.2, 0.25) is 0 Å². The average Bonchev–Trinajstić information content (AvgIpc) is 3.61. The molecule has 4 atom stereocenters. The van der Waals surface area contributed by atoms with Gasteiger partial charge in [0.15, 0.2) is 5.82 Å². The minimum Gasteiger partial charge on any atom is -0.508 e. The molecule has 43 heavy (non-hydrogen) atoms. The van der Waals surface area contributed by atoms with Crippen LogP contribution in [0.3, 0.4) is 0 Å². The highest BCUT2D eigenvalue weighted by Gasteiger charge is 2.49. The molecular weight excluding hydrogens is 548 g/mol. The summed E-state index contributed by atoms with van der Waals surface area (Å²) in [5.74, 6) is 2.86. The lowest BCUT2D eigenvalue weighted by Crippen LogP contribution is -2.52. The van der Waals surface area contributed by atoms with Crippen molar-refractivity contribution in [1.29, 1.82) is 0 Å². The first kappa shape index (κ1) is 26.6. The number of halogens is 2. The van der Waals surface area contributed by atoms with E-state index in [2.05, 4.69) is 26.0 Å². The first-order valence-corrected chi connectivity index (χ1v) is 15.2. The maximum absolute atomic E-state index is 16.8. The van der Waals surface area contributed by atoms with Crippen LogP contribution in [0, 0.1) is 18.2 Å². The smallest absolute Gasteiger partial charge is 0.319 e. The first-order chi connectivity index (χ1) is 20.9. The van der Waals surface area contributed by atoms with E-state index in [1.165, 1.54) is 0 Å². The summed E-state index contributed by atoms with van der Waals surface area (Å²) in [7, 11) is 0. The molecule has 1 aromatic heterocycles. The van der Waals surface area contributed by atoms with E-state index in [4.69, 9.17) is 16.1 Å². The number of phenols is 1. The van der Waals surface area contributed by atoms with Gasteiger partial charge in [-0.05, 0) is 67.4 Å². The number of fused-ring (bicyclic) bond motifs is 5. The number of hydrogen-bond donors (Lipinski definition) is 2. The molecule has 2 N–H and O–H groups in total. The van der Waals surface area contributed by atoms with Crippen LogP contribution in [0.25, 0.3) is 32.8 Å². The Morgan fingerprint density at radius 2 is 1.95 bits per heavy atom. The zero-order valence-electron chi connectivity index (χ0n) is 23.8. The fourth-order valence-electron chi connectivity index (χ4n) is 8.11. The maximum Gasteiger partial charge on any atom is 0.319 e. The minimum absolute atomic E-state index is 0.0177. The zero-order valence-corrected chi connectivity index (χ0v) is 23.8. The van der Waals surface area contributed by atoms with Crippen LogP contribution in [0.5, 0.6) is 11.8 Å². The molecule has 0 saturated carbocycles. The molecule has 0 spiro atoms. The number of hydrogen-bond acceptors (Lipinski definition) is 7. The molecule has 5 heterocycles. The molecule has 8 rings (SSSR count). The standard InChI is InChI=1S/C34H33F2N5O2/c1-2-20-5-3-6-21-13-25(42)14-28(29(20)21)26-9-10-27-31(30(26)36)38-33(39-32(27)41-23-7-8-24(41)17-37-16-23)43-19-34-11-4-12-40(34)18-22(35)15-34/h1,3,5-6,9-10,13-14,22-24,37,42H,4,7-8,11-12,15-19H2/t22-,23-,24+,34+/m1/s1. The first-order valence-electron chi connectivity index (χ1n) is 15.2. The number of anilines is 1. The second kappa shape index (κ2) is 10.0. The molecule has 0 unspecified atom stereocenters. The number of terminal acetylenes is 1. The molecule has 9 heteroatoms. The van der Waals surface area contributed by atoms with Gasteiger partial charge in [0.05, 0.1) is 5.54 Å². The fourth-order valence-corrected chi connectivity index (χ4v) is 8.11. The lowest BCUT2D eigenvalue weighted by atomic mass is 9.93. The summed E-state index contributed by atoms with van der Waals surface area (Å²) in [5, 5.41) is 16.1. The van der Waals surface area contributed by atoms with Crippen molar-refractivity contribution in [2.75, 3.05) is 37.7 Å². The monoisotopic (exact) mass is 581 g/mol. The van der Waals surface area contributed by atoms with Gasteiger partial charge in [0, 0.05) is 60.0 Å². The highest BCUT2D eigenvalue weighted by molar-refractivity contribution is 6.04. The number of nitrogens with zero attached hydrogens (tertiary/aromatic N) is 4. The third-order valence-corrected chi connectivity index (χ3v) is 10.0. The van der Waals surface area contributed by atoms with Gasteiger partial charge in [-0.2, -0.15) is 9.97 Å². The van der Waals surface area contributed by atoms with E-state index in [0.717, 1.165) is 50.7 Å². The van der Waals surface area contributed by atoms with Crippen molar-refractivity contribution >= 4 is 27.5 Å². The van der Waals surface area contributed by atoms with Crippen LogP contribution >= 0.6 is 0 Å². The lowest BCUT2D eigenvalue weighted by Gasteiger charge is -2.37. The van der Waals surface area contributed by atoms with Gasteiger partial charge in [0.25, 0.3) is 0 Å². The maximum atomic E-state index is 16.8. The van der Waals surface area contributed by atoms with Crippen molar-refractivity contribution < 1.29 is 18.6 Å². The minimum atomic E-state index is -0.876. The lowest BCUT2D eigenvalue weighted by molar-refractivity contribution is 0.107. The van der Waals surface area contributed by atoms with Gasteiger partial charge in [-0.3, -0.25) is 4.90 Å². The Morgan fingerprint density at radius 3 is 2.77 bits per heavy atom. The van der Waals surface area contributed by atoms with E-state index >= 15 is 4.39 Å². The van der Waals surface area contributed by atoms with E-state index < -0.39 is 12.0 Å². The molecule has 4 aliphatic rings. The Labute approximate surface area is 248 Å². The topological polar surface area (TPSA) is 73.8 Å². The van der Waals surface area contributed by atoms with Crippen LogP contribution in [0.1, 0.15) is 37.7 Å². The Balaban J connectivity index is 1.29. The van der Waals surface area contributed by atoms with Crippen molar-refractivity contribution in [3.05, 3.63) is 53.8 Å². The van der Waals surface area contributed by atoms with Gasteiger partial charge in [0.1, 0.15) is 29.9 Å². The summed E-state index contributed by atoms with van der Waals surface area (Å²) in [5.41, 5.74) is 1.17. The van der Waals surface area contributed by atoms with Gasteiger partial charge in [-0.15, -0.1) is 6.42 Å². The molecule has 4 fully saturated rings. The quantitative estimate of drug-likeness (QED) is 0.315. The Morgan fingerprint density at radius 1 is 1.12 bits per heavy atom. The molecule has 7 nitrogen and oxygen atoms in total. The molecule has 2 bridgehead atoms. The molecule has 4 aromatic rings. The summed E-state index contributed by atoms with van der Waals surface area (Å²) < 4.78 is 37.6. The molecule has 220 valence electrons. The van der Waals surface area contributed by atoms with Crippen molar-refractivity contribution in [3.63, 3.8) is 0 Å². The summed E-state index contributed by atoms with van der Waals surface area (Å²) in [4.78, 5) is 14.1. The average molecular weight is 582 g/mol. The van der Waals surface area contributed by atoms with E-state index in [0.29, 0.717) is 40.7 Å². The van der Waals surface area contributed by atoms with E-state index in [-0.39, 0.29) is 47.1 Å². The number of phenolic OH excluding ortho intramolecular Hbond substituents is 1. The van der Waals surface area contributed by atoms with Crippen LogP contribution in [-0.2, 0) is 0 Å². The Hall–Kier alpha value is -4.00. The van der Waals surface area contributed by atoms with Crippen molar-refractivity contribution in [1.82, 2.24) is 20.2 Å². The van der Waals surface area contributed by atoms with Crippen LogP contribution < -0.4 is 15.0 Å². The summed E-state index contributed by atoms with van der Waals surface area (Å²) in [6, 6.07) is 12.8. The highest BCUT2D eigenvalue weighted by atomic mass is 19.1. The number of rotatable bonds is 5. The van der Waals surface area contributed by atoms with Crippen LogP contribution in [0.4, 0.5) is 14.6 Å². The predicted octanol–water partition coefficient (Wildman–Crippen LogP) is 5.17. The van der Waals surface area contributed by atoms with Crippen LogP contribution in [0.15, 0.2) is 42.5 Å². The molecule has 0 radical (unpaired) electrons. The number of aromatic hydroxyl groups is 1. The summed E-state index contributed by atoms with van der Waals surface area (Å²) in [6.45, 7) is 3.20. The largest absolute Gasteiger partial charge is 0.508 e. The Kier molecular flexibility index (Phi) is 6.21. The zero-order chi connectivity index (χ0) is 29.3. The summed E-state index contributed by atoms with van der Waals surface area (Å²) in [6.07, 6.45) is 9.30. The third-order valence-electron chi connectivity index (χ3n) is 10.0. The van der Waals surface area contributed by atoms with E-state index in [1.54, 1.807) is 18.2 Å². The van der Waals surface area contributed by atoms with Gasteiger partial charge < -0.3 is 20.1 Å². The van der Waals surface area contributed by atoms with Crippen molar-refractivity contribution in [2.24, 2.45) is 0 Å². The van der Waals surface area contributed by atoms with E-state index in [9.17, 15) is 9.50 Å². The number of nitrogens with one attached hydrogen (secondary N) is 1. The molecule has 4 aliphatic heterocycles. The number of benzene rings is 3. The van der Waals surface area contributed by atoms with Gasteiger partial charge in [-0.1, -0.05) is 24.1 Å². The third kappa shape index (κ3) is 4.22. The van der Waals surface area contributed by atoms with E-state index in [1.807, 2.05) is 24.3 Å². The van der Waals surface area contributed by atoms with Gasteiger partial charge >= 0.3 is 6.01 Å². The number of alkyl halides is 1. The SMILES string of the molecule is C#Cc1cccc2cc(O)cc(-c3ccc4c(N5[C@@H]6CC[C@H]5CNC6)nc(OC[C@@]56CCCN5C[C@H](F)C6)nc4c3F)c12. The number of ether oxygens (including phenoxy) is 1. The molecule has 4 saturated heterocycles. The number of aromatic nitrogens is 2.